The average Bonchev–Trinajstić information content (AvgIpc) is 2.66. The van der Waals surface area contributed by atoms with Crippen LogP contribution in [0, 0.1) is 0 Å². The Kier molecular flexibility index (Phi) is 2.83. The second kappa shape index (κ2) is 4.12. The number of hydrogen-bond donors (Lipinski definition) is 1. The third-order valence-corrected chi connectivity index (χ3v) is 3.19. The predicted octanol–water partition coefficient (Wildman–Crippen LogP) is 2.67. The minimum Gasteiger partial charge on any atom is -0.364 e. The van der Waals surface area contributed by atoms with Crippen LogP contribution in [0.15, 0.2) is 34.1 Å². The molecule has 0 radical (unpaired) electrons. The highest BCUT2D eigenvalue weighted by Crippen LogP contribution is 2.24. The minimum atomic E-state index is -0.485. The number of carbonyl (C=O) groups excluding carboxylic acids is 1. The molecule has 0 aliphatic carbocycles. The molecular weight excluding hydrogens is 276 g/mol. The number of thiazole rings is 1. The fourth-order valence-electron chi connectivity index (χ4n) is 1.17. The molecule has 0 fully saturated rings. The zero-order valence-corrected chi connectivity index (χ0v) is 10.0. The zero-order chi connectivity index (χ0) is 10.8. The first-order valence-corrected chi connectivity index (χ1v) is 5.85. The second-order valence-corrected chi connectivity index (χ2v) is 4.69. The van der Waals surface area contributed by atoms with Gasteiger partial charge < -0.3 is 5.73 Å². The van der Waals surface area contributed by atoms with E-state index in [2.05, 4.69) is 20.9 Å². The quantitative estimate of drug-likeness (QED) is 0.921. The average molecular weight is 283 g/mol. The summed E-state index contributed by atoms with van der Waals surface area (Å²) in [6, 6.07) is 7.73. The number of primary amides is 1. The maximum absolute atomic E-state index is 10.9. The summed E-state index contributed by atoms with van der Waals surface area (Å²) < 4.78 is 0.980. The number of benzene rings is 1. The Morgan fingerprint density at radius 2 is 2.27 bits per heavy atom. The van der Waals surface area contributed by atoms with Gasteiger partial charge in [0, 0.05) is 15.4 Å². The molecule has 0 aliphatic rings. The van der Waals surface area contributed by atoms with Crippen LogP contribution in [0.4, 0.5) is 0 Å². The van der Waals surface area contributed by atoms with Gasteiger partial charge in [-0.05, 0) is 12.1 Å². The van der Waals surface area contributed by atoms with Gasteiger partial charge in [0.05, 0.1) is 5.69 Å². The molecular formula is C10H7BrN2OS. The van der Waals surface area contributed by atoms with E-state index in [0.29, 0.717) is 5.01 Å². The van der Waals surface area contributed by atoms with Crippen molar-refractivity contribution in [3.63, 3.8) is 0 Å². The highest BCUT2D eigenvalue weighted by molar-refractivity contribution is 9.10. The number of aromatic nitrogens is 1. The second-order valence-electron chi connectivity index (χ2n) is 2.91. The molecule has 2 rings (SSSR count). The summed E-state index contributed by atoms with van der Waals surface area (Å²) in [5, 5.41) is 2.16. The van der Waals surface area contributed by atoms with Crippen molar-refractivity contribution in [2.24, 2.45) is 5.73 Å². The van der Waals surface area contributed by atoms with Gasteiger partial charge in [-0.15, -0.1) is 11.3 Å². The highest BCUT2D eigenvalue weighted by Gasteiger charge is 2.08. The first-order chi connectivity index (χ1) is 7.16. The van der Waals surface area contributed by atoms with E-state index in [1.54, 1.807) is 0 Å². The lowest BCUT2D eigenvalue weighted by atomic mass is 10.2. The number of amides is 1. The third-order valence-electron chi connectivity index (χ3n) is 1.84. The summed E-state index contributed by atoms with van der Waals surface area (Å²) >= 11 is 4.64. The Balaban J connectivity index is 2.41. The van der Waals surface area contributed by atoms with Crippen LogP contribution in [-0.4, -0.2) is 10.9 Å². The van der Waals surface area contributed by atoms with Gasteiger partial charge in [0.15, 0.2) is 5.01 Å². The smallest absolute Gasteiger partial charge is 0.277 e. The number of rotatable bonds is 2. The van der Waals surface area contributed by atoms with Crippen LogP contribution >= 0.6 is 27.3 Å². The Bertz CT molecular complexity index is 510. The van der Waals surface area contributed by atoms with Crippen LogP contribution in [0.5, 0.6) is 0 Å². The lowest BCUT2D eigenvalue weighted by Crippen LogP contribution is -2.10. The van der Waals surface area contributed by atoms with Crippen LogP contribution in [0.2, 0.25) is 0 Å². The van der Waals surface area contributed by atoms with Gasteiger partial charge in [-0.2, -0.15) is 0 Å². The Labute approximate surface area is 99.1 Å². The molecule has 0 saturated carbocycles. The minimum absolute atomic E-state index is 0.338. The van der Waals surface area contributed by atoms with Gasteiger partial charge in [0.1, 0.15) is 0 Å². The van der Waals surface area contributed by atoms with E-state index in [1.165, 1.54) is 11.3 Å². The molecule has 0 spiro atoms. The van der Waals surface area contributed by atoms with Crippen molar-refractivity contribution in [2.75, 3.05) is 0 Å². The van der Waals surface area contributed by atoms with Crippen molar-refractivity contribution in [3.8, 4) is 11.3 Å². The van der Waals surface area contributed by atoms with Gasteiger partial charge in [-0.1, -0.05) is 28.1 Å². The zero-order valence-electron chi connectivity index (χ0n) is 7.61. The van der Waals surface area contributed by atoms with E-state index in [0.717, 1.165) is 15.7 Å². The topological polar surface area (TPSA) is 56.0 Å². The van der Waals surface area contributed by atoms with Gasteiger partial charge in [-0.25, -0.2) is 4.98 Å². The summed E-state index contributed by atoms with van der Waals surface area (Å²) in [6.07, 6.45) is 0. The lowest BCUT2D eigenvalue weighted by Gasteiger charge is -1.96. The SMILES string of the molecule is NC(=O)c1nc(-c2cccc(Br)c2)cs1. The van der Waals surface area contributed by atoms with Crippen LogP contribution in [-0.2, 0) is 0 Å². The molecule has 0 saturated heterocycles. The van der Waals surface area contributed by atoms with Crippen molar-refractivity contribution in [1.29, 1.82) is 0 Å². The third kappa shape index (κ3) is 2.24. The fourth-order valence-corrected chi connectivity index (χ4v) is 2.25. The number of nitrogens with zero attached hydrogens (tertiary/aromatic N) is 1. The lowest BCUT2D eigenvalue weighted by molar-refractivity contribution is 0.1000. The van der Waals surface area contributed by atoms with E-state index < -0.39 is 5.91 Å². The van der Waals surface area contributed by atoms with Crippen molar-refractivity contribution >= 4 is 33.2 Å². The van der Waals surface area contributed by atoms with Crippen LogP contribution in [0.25, 0.3) is 11.3 Å². The van der Waals surface area contributed by atoms with Crippen LogP contribution < -0.4 is 5.73 Å². The summed E-state index contributed by atoms with van der Waals surface area (Å²) in [5.41, 5.74) is 6.87. The molecule has 76 valence electrons. The van der Waals surface area contributed by atoms with Gasteiger partial charge >= 0.3 is 0 Å². The Morgan fingerprint density at radius 3 is 2.87 bits per heavy atom. The molecule has 1 aromatic carbocycles. The van der Waals surface area contributed by atoms with Gasteiger partial charge in [0.25, 0.3) is 5.91 Å². The highest BCUT2D eigenvalue weighted by atomic mass is 79.9. The summed E-state index contributed by atoms with van der Waals surface area (Å²) in [4.78, 5) is 15.0. The van der Waals surface area contributed by atoms with Crippen molar-refractivity contribution in [1.82, 2.24) is 4.98 Å². The van der Waals surface area contributed by atoms with Crippen LogP contribution in [0.3, 0.4) is 0 Å². The number of halogens is 1. The maximum atomic E-state index is 10.9. The first-order valence-electron chi connectivity index (χ1n) is 4.18. The van der Waals surface area contributed by atoms with Gasteiger partial charge in [0.2, 0.25) is 0 Å². The van der Waals surface area contributed by atoms with Gasteiger partial charge in [-0.3, -0.25) is 4.79 Å². The summed E-state index contributed by atoms with van der Waals surface area (Å²) in [5.74, 6) is -0.485. The fraction of sp³-hybridized carbons (Fsp3) is 0. The van der Waals surface area contributed by atoms with Crippen molar-refractivity contribution in [2.45, 2.75) is 0 Å². The Morgan fingerprint density at radius 1 is 1.47 bits per heavy atom. The Hall–Kier alpha value is -1.20. The van der Waals surface area contributed by atoms with Crippen molar-refractivity contribution in [3.05, 3.63) is 39.1 Å². The normalized spacial score (nSPS) is 10.2. The molecule has 5 heteroatoms. The van der Waals surface area contributed by atoms with E-state index >= 15 is 0 Å². The summed E-state index contributed by atoms with van der Waals surface area (Å²) in [7, 11) is 0. The molecule has 15 heavy (non-hydrogen) atoms. The van der Waals surface area contributed by atoms with E-state index in [4.69, 9.17) is 5.73 Å². The molecule has 0 unspecified atom stereocenters. The molecule has 1 aromatic heterocycles. The maximum Gasteiger partial charge on any atom is 0.277 e. The number of carbonyl (C=O) groups is 1. The molecule has 1 heterocycles. The summed E-state index contributed by atoms with van der Waals surface area (Å²) in [6.45, 7) is 0. The van der Waals surface area contributed by atoms with E-state index in [-0.39, 0.29) is 0 Å². The molecule has 0 bridgehead atoms. The van der Waals surface area contributed by atoms with E-state index in [9.17, 15) is 4.79 Å². The monoisotopic (exact) mass is 282 g/mol. The van der Waals surface area contributed by atoms with Crippen LogP contribution in [0.1, 0.15) is 9.80 Å². The largest absolute Gasteiger partial charge is 0.364 e. The number of nitrogens with two attached hydrogens (primary N) is 1. The molecule has 3 nitrogen and oxygen atoms in total. The first kappa shape index (κ1) is 10.3. The molecule has 0 atom stereocenters. The predicted molar refractivity (Wildman–Crippen MR) is 63.8 cm³/mol. The molecule has 2 N–H and O–H groups in total. The van der Waals surface area contributed by atoms with E-state index in [1.807, 2.05) is 29.6 Å². The van der Waals surface area contributed by atoms with Crippen molar-refractivity contribution < 1.29 is 4.79 Å². The molecule has 1 amide bonds. The standard InChI is InChI=1S/C10H7BrN2OS/c11-7-3-1-2-6(4-7)8-5-15-10(13-8)9(12)14/h1-5H,(H2,12,14). The molecule has 2 aromatic rings. The molecule has 0 aliphatic heterocycles. The number of hydrogen-bond acceptors (Lipinski definition) is 3.